The molecule has 3 rings (SSSR count). The first-order valence-electron chi connectivity index (χ1n) is 12.6. The molecule has 2 aliphatic rings. The zero-order valence-corrected chi connectivity index (χ0v) is 21.3. The highest BCUT2D eigenvalue weighted by molar-refractivity contribution is 5.68. The van der Waals surface area contributed by atoms with Crippen LogP contribution in [0.3, 0.4) is 0 Å². The molecule has 2 heterocycles. The van der Waals surface area contributed by atoms with Crippen LogP contribution in [0.5, 0.6) is 0 Å². The van der Waals surface area contributed by atoms with Gasteiger partial charge in [0.2, 0.25) is 0 Å². The summed E-state index contributed by atoms with van der Waals surface area (Å²) in [6, 6.07) is 9.57. The van der Waals surface area contributed by atoms with E-state index in [1.807, 2.05) is 51.1 Å². The van der Waals surface area contributed by atoms with Gasteiger partial charge in [-0.1, -0.05) is 37.3 Å². The van der Waals surface area contributed by atoms with Crippen molar-refractivity contribution >= 4 is 12.2 Å². The summed E-state index contributed by atoms with van der Waals surface area (Å²) in [5, 5.41) is 0. The molecule has 2 amide bonds. The standard InChI is InChI=1S/C27H41FN2O4/c1-25(2,3)34-24(32)30-17-13-26(4,14-18-30)11-8-12-27(28)15-19-29(20-16-27)23(31)33-21-22-9-6-5-7-10-22/h5-7,9-10H,8,11-21H2,1-4H3. The molecule has 190 valence electrons. The number of halogens is 1. The number of carbonyl (C=O) groups excluding carboxylic acids is 2. The summed E-state index contributed by atoms with van der Waals surface area (Å²) in [7, 11) is 0. The third-order valence-electron chi connectivity index (χ3n) is 7.15. The summed E-state index contributed by atoms with van der Waals surface area (Å²) in [6.07, 6.45) is 4.21. The van der Waals surface area contributed by atoms with Crippen LogP contribution in [0, 0.1) is 5.41 Å². The highest BCUT2D eigenvalue weighted by atomic mass is 19.1. The summed E-state index contributed by atoms with van der Waals surface area (Å²) < 4.78 is 26.3. The molecule has 34 heavy (non-hydrogen) atoms. The Hall–Kier alpha value is -2.31. The van der Waals surface area contributed by atoms with E-state index in [2.05, 4.69) is 6.92 Å². The second-order valence-electron chi connectivity index (χ2n) is 11.3. The van der Waals surface area contributed by atoms with E-state index >= 15 is 4.39 Å². The van der Waals surface area contributed by atoms with Gasteiger partial charge in [0.25, 0.3) is 0 Å². The Bertz CT molecular complexity index is 808. The number of alkyl halides is 1. The number of carbonyl (C=O) groups is 2. The Morgan fingerprint density at radius 2 is 1.47 bits per heavy atom. The van der Waals surface area contributed by atoms with Gasteiger partial charge >= 0.3 is 12.2 Å². The SMILES string of the molecule is CC1(CCCC2(F)CCN(C(=O)OCc3ccccc3)CC2)CCN(C(=O)OC(C)(C)C)CC1. The second-order valence-corrected chi connectivity index (χ2v) is 11.3. The first-order chi connectivity index (χ1) is 16.0. The van der Waals surface area contributed by atoms with E-state index in [1.54, 1.807) is 9.80 Å². The maximum atomic E-state index is 15.4. The minimum absolute atomic E-state index is 0.122. The van der Waals surface area contributed by atoms with Crippen molar-refractivity contribution in [2.45, 2.75) is 90.5 Å². The van der Waals surface area contributed by atoms with E-state index in [0.717, 1.165) is 31.2 Å². The average molecular weight is 477 g/mol. The molecule has 0 radical (unpaired) electrons. The van der Waals surface area contributed by atoms with Crippen LogP contribution in [0.2, 0.25) is 0 Å². The molecule has 2 saturated heterocycles. The normalized spacial score (nSPS) is 20.0. The van der Waals surface area contributed by atoms with E-state index in [1.165, 1.54) is 0 Å². The van der Waals surface area contributed by atoms with Gasteiger partial charge in [-0.3, -0.25) is 0 Å². The molecule has 6 nitrogen and oxygen atoms in total. The fraction of sp³-hybridized carbons (Fsp3) is 0.704. The molecule has 0 N–H and O–H groups in total. The quantitative estimate of drug-likeness (QED) is 0.481. The molecule has 1 aromatic rings. The molecule has 0 aromatic heterocycles. The maximum Gasteiger partial charge on any atom is 0.410 e. The van der Waals surface area contributed by atoms with E-state index in [0.29, 0.717) is 45.4 Å². The summed E-state index contributed by atoms with van der Waals surface area (Å²) in [4.78, 5) is 28.0. The molecule has 7 heteroatoms. The highest BCUT2D eigenvalue weighted by Crippen LogP contribution is 2.39. The lowest BCUT2D eigenvalue weighted by molar-refractivity contribution is 0.00927. The third-order valence-corrected chi connectivity index (χ3v) is 7.15. The minimum atomic E-state index is -1.22. The van der Waals surface area contributed by atoms with E-state index in [4.69, 9.17) is 9.47 Å². The van der Waals surface area contributed by atoms with Crippen LogP contribution in [-0.4, -0.2) is 59.4 Å². The van der Waals surface area contributed by atoms with Gasteiger partial charge in [0, 0.05) is 26.2 Å². The lowest BCUT2D eigenvalue weighted by atomic mass is 9.75. The Morgan fingerprint density at radius 1 is 0.912 bits per heavy atom. The molecule has 0 aliphatic carbocycles. The third kappa shape index (κ3) is 7.88. The van der Waals surface area contributed by atoms with Gasteiger partial charge < -0.3 is 19.3 Å². The zero-order valence-electron chi connectivity index (χ0n) is 21.3. The predicted octanol–water partition coefficient (Wildman–Crippen LogP) is 6.33. The molecule has 0 unspecified atom stereocenters. The average Bonchev–Trinajstić information content (AvgIpc) is 2.78. The Labute approximate surface area is 203 Å². The number of nitrogens with zero attached hydrogens (tertiary/aromatic N) is 2. The predicted molar refractivity (Wildman–Crippen MR) is 130 cm³/mol. The van der Waals surface area contributed by atoms with Crippen LogP contribution in [0.1, 0.15) is 78.2 Å². The van der Waals surface area contributed by atoms with Crippen molar-refractivity contribution in [2.24, 2.45) is 5.41 Å². The van der Waals surface area contributed by atoms with Gasteiger partial charge in [-0.15, -0.1) is 0 Å². The van der Waals surface area contributed by atoms with Gasteiger partial charge in [-0.05, 0) is 76.7 Å². The van der Waals surface area contributed by atoms with Crippen molar-refractivity contribution in [3.05, 3.63) is 35.9 Å². The smallest absolute Gasteiger partial charge is 0.410 e. The summed E-state index contributed by atoms with van der Waals surface area (Å²) in [5.74, 6) is 0. The monoisotopic (exact) mass is 476 g/mol. The number of hydrogen-bond donors (Lipinski definition) is 0. The minimum Gasteiger partial charge on any atom is -0.445 e. The van der Waals surface area contributed by atoms with Gasteiger partial charge in [0.1, 0.15) is 17.9 Å². The van der Waals surface area contributed by atoms with Gasteiger partial charge in [-0.2, -0.15) is 0 Å². The van der Waals surface area contributed by atoms with Crippen molar-refractivity contribution in [3.63, 3.8) is 0 Å². The van der Waals surface area contributed by atoms with Crippen molar-refractivity contribution in [2.75, 3.05) is 26.2 Å². The molecular weight excluding hydrogens is 435 g/mol. The lowest BCUT2D eigenvalue weighted by Gasteiger charge is -2.41. The Morgan fingerprint density at radius 3 is 2.06 bits per heavy atom. The van der Waals surface area contributed by atoms with Crippen LogP contribution in [-0.2, 0) is 16.1 Å². The Balaban J connectivity index is 1.35. The highest BCUT2D eigenvalue weighted by Gasteiger charge is 2.38. The van der Waals surface area contributed by atoms with Crippen molar-refractivity contribution in [1.29, 1.82) is 0 Å². The van der Waals surface area contributed by atoms with Crippen LogP contribution in [0.15, 0.2) is 30.3 Å². The van der Waals surface area contributed by atoms with Gasteiger partial charge in [0.15, 0.2) is 0 Å². The fourth-order valence-corrected chi connectivity index (χ4v) is 4.79. The molecule has 1 aromatic carbocycles. The molecule has 0 bridgehead atoms. The van der Waals surface area contributed by atoms with Crippen LogP contribution in [0.25, 0.3) is 0 Å². The zero-order chi connectivity index (χ0) is 24.8. The second kappa shape index (κ2) is 11.0. The molecular formula is C27H41FN2O4. The Kier molecular flexibility index (Phi) is 8.47. The van der Waals surface area contributed by atoms with E-state index < -0.39 is 11.3 Å². The number of piperidine rings is 2. The number of hydrogen-bond acceptors (Lipinski definition) is 4. The molecule has 0 spiro atoms. The van der Waals surface area contributed by atoms with Crippen molar-refractivity contribution in [3.8, 4) is 0 Å². The largest absolute Gasteiger partial charge is 0.445 e. The van der Waals surface area contributed by atoms with Crippen molar-refractivity contribution < 1.29 is 23.5 Å². The molecule has 0 atom stereocenters. The van der Waals surface area contributed by atoms with E-state index in [9.17, 15) is 9.59 Å². The topological polar surface area (TPSA) is 59.1 Å². The number of rotatable bonds is 6. The molecule has 2 fully saturated rings. The molecule has 2 aliphatic heterocycles. The number of benzene rings is 1. The summed E-state index contributed by atoms with van der Waals surface area (Å²) in [5.41, 5.74) is -0.639. The first-order valence-corrected chi connectivity index (χ1v) is 12.6. The number of ether oxygens (including phenoxy) is 2. The van der Waals surface area contributed by atoms with Crippen LogP contribution >= 0.6 is 0 Å². The van der Waals surface area contributed by atoms with Crippen LogP contribution < -0.4 is 0 Å². The van der Waals surface area contributed by atoms with Gasteiger partial charge in [-0.25, -0.2) is 14.0 Å². The molecule has 0 saturated carbocycles. The number of likely N-dealkylation sites (tertiary alicyclic amines) is 2. The number of amides is 2. The van der Waals surface area contributed by atoms with E-state index in [-0.39, 0.29) is 24.2 Å². The fourth-order valence-electron chi connectivity index (χ4n) is 4.79. The van der Waals surface area contributed by atoms with Crippen molar-refractivity contribution in [1.82, 2.24) is 9.80 Å². The first kappa shape index (κ1) is 26.3. The summed E-state index contributed by atoms with van der Waals surface area (Å²) >= 11 is 0. The summed E-state index contributed by atoms with van der Waals surface area (Å²) in [6.45, 7) is 10.3. The van der Waals surface area contributed by atoms with Gasteiger partial charge in [0.05, 0.1) is 0 Å². The van der Waals surface area contributed by atoms with Crippen LogP contribution in [0.4, 0.5) is 14.0 Å². The lowest BCUT2D eigenvalue weighted by Crippen LogP contribution is -2.45. The maximum absolute atomic E-state index is 15.4.